The van der Waals surface area contributed by atoms with Gasteiger partial charge in [0.15, 0.2) is 0 Å². The number of thioether (sulfide) groups is 1. The second-order valence-corrected chi connectivity index (χ2v) is 5.68. The van der Waals surface area contributed by atoms with Gasteiger partial charge in [-0.15, -0.1) is 0 Å². The second kappa shape index (κ2) is 7.61. The summed E-state index contributed by atoms with van der Waals surface area (Å²) in [5, 5.41) is 12.5. The molecule has 1 amide bonds. The zero-order chi connectivity index (χ0) is 16.8. The summed E-state index contributed by atoms with van der Waals surface area (Å²) >= 11 is 1.22. The van der Waals surface area contributed by atoms with Gasteiger partial charge in [0.25, 0.3) is 0 Å². The van der Waals surface area contributed by atoms with Crippen LogP contribution in [0.4, 0.5) is 5.69 Å². The first-order valence-electron chi connectivity index (χ1n) is 6.85. The molecule has 0 fully saturated rings. The molecule has 1 aromatic heterocycles. The summed E-state index contributed by atoms with van der Waals surface area (Å²) in [5.74, 6) is 1.23. The van der Waals surface area contributed by atoms with Crippen LogP contribution in [0.1, 0.15) is 17.1 Å². The molecular formula is C16H16N4O2S. The number of hydrogen-bond donors (Lipinski definition) is 1. The topological polar surface area (TPSA) is 87.9 Å². The van der Waals surface area contributed by atoms with Crippen molar-refractivity contribution in [2.75, 3.05) is 18.2 Å². The van der Waals surface area contributed by atoms with E-state index >= 15 is 0 Å². The highest BCUT2D eigenvalue weighted by Crippen LogP contribution is 2.23. The summed E-state index contributed by atoms with van der Waals surface area (Å²) in [6.07, 6.45) is 0. The highest BCUT2D eigenvalue weighted by molar-refractivity contribution is 8.00. The van der Waals surface area contributed by atoms with Crippen LogP contribution in [-0.4, -0.2) is 28.7 Å². The molecule has 0 aliphatic heterocycles. The molecule has 0 radical (unpaired) electrons. The van der Waals surface area contributed by atoms with Crippen molar-refractivity contribution in [3.05, 3.63) is 41.3 Å². The SMILES string of the molecule is COc1cccc(NC(=O)CSc2nc(C)nc(C)c2C#N)c1. The third-order valence-corrected chi connectivity index (χ3v) is 3.95. The number of ether oxygens (including phenoxy) is 1. The fraction of sp³-hybridized carbons (Fsp3) is 0.250. The Balaban J connectivity index is 2.03. The average Bonchev–Trinajstić information content (AvgIpc) is 2.52. The first-order chi connectivity index (χ1) is 11.0. The highest BCUT2D eigenvalue weighted by atomic mass is 32.2. The van der Waals surface area contributed by atoms with Crippen LogP contribution in [0.2, 0.25) is 0 Å². The molecule has 1 N–H and O–H groups in total. The fourth-order valence-electron chi connectivity index (χ4n) is 1.95. The Hall–Kier alpha value is -2.59. The summed E-state index contributed by atoms with van der Waals surface area (Å²) in [5.41, 5.74) is 1.69. The number of anilines is 1. The minimum Gasteiger partial charge on any atom is -0.497 e. The summed E-state index contributed by atoms with van der Waals surface area (Å²) in [6, 6.07) is 9.21. The molecule has 0 atom stereocenters. The van der Waals surface area contributed by atoms with E-state index in [0.717, 1.165) is 0 Å². The number of amides is 1. The normalized spacial score (nSPS) is 10.0. The van der Waals surface area contributed by atoms with E-state index in [-0.39, 0.29) is 11.7 Å². The van der Waals surface area contributed by atoms with Gasteiger partial charge in [-0.3, -0.25) is 4.79 Å². The van der Waals surface area contributed by atoms with Crippen molar-refractivity contribution in [2.24, 2.45) is 0 Å². The molecule has 0 aliphatic carbocycles. The van der Waals surface area contributed by atoms with Crippen LogP contribution < -0.4 is 10.1 Å². The number of rotatable bonds is 5. The van der Waals surface area contributed by atoms with Crippen LogP contribution in [0.5, 0.6) is 5.75 Å². The maximum absolute atomic E-state index is 12.1. The smallest absolute Gasteiger partial charge is 0.234 e. The summed E-state index contributed by atoms with van der Waals surface area (Å²) in [6.45, 7) is 3.52. The highest BCUT2D eigenvalue weighted by Gasteiger charge is 2.12. The molecular weight excluding hydrogens is 312 g/mol. The number of benzene rings is 1. The molecule has 0 spiro atoms. The molecule has 0 saturated heterocycles. The van der Waals surface area contributed by atoms with E-state index in [2.05, 4.69) is 21.4 Å². The molecule has 118 valence electrons. The number of hydrogen-bond acceptors (Lipinski definition) is 6. The van der Waals surface area contributed by atoms with Gasteiger partial charge in [0.05, 0.1) is 18.6 Å². The molecule has 1 heterocycles. The first-order valence-corrected chi connectivity index (χ1v) is 7.84. The van der Waals surface area contributed by atoms with E-state index in [9.17, 15) is 10.1 Å². The predicted molar refractivity (Wildman–Crippen MR) is 88.6 cm³/mol. The number of nitrogens with zero attached hydrogens (tertiary/aromatic N) is 3. The van der Waals surface area contributed by atoms with Gasteiger partial charge in [-0.05, 0) is 26.0 Å². The minimum absolute atomic E-state index is 0.155. The zero-order valence-electron chi connectivity index (χ0n) is 13.1. The lowest BCUT2D eigenvalue weighted by molar-refractivity contribution is -0.113. The van der Waals surface area contributed by atoms with E-state index in [0.29, 0.717) is 33.5 Å². The quantitative estimate of drug-likeness (QED) is 0.670. The van der Waals surface area contributed by atoms with E-state index in [1.807, 2.05) is 0 Å². The third kappa shape index (κ3) is 4.44. The van der Waals surface area contributed by atoms with Crippen molar-refractivity contribution in [1.82, 2.24) is 9.97 Å². The molecule has 6 nitrogen and oxygen atoms in total. The lowest BCUT2D eigenvalue weighted by Crippen LogP contribution is -2.14. The monoisotopic (exact) mass is 328 g/mol. The van der Waals surface area contributed by atoms with Crippen molar-refractivity contribution in [3.63, 3.8) is 0 Å². The van der Waals surface area contributed by atoms with Crippen molar-refractivity contribution in [3.8, 4) is 11.8 Å². The Morgan fingerprint density at radius 2 is 2.17 bits per heavy atom. The molecule has 2 aromatic rings. The van der Waals surface area contributed by atoms with Crippen molar-refractivity contribution in [1.29, 1.82) is 5.26 Å². The number of nitrogens with one attached hydrogen (secondary N) is 1. The minimum atomic E-state index is -0.180. The van der Waals surface area contributed by atoms with Crippen molar-refractivity contribution >= 4 is 23.4 Å². The molecule has 2 rings (SSSR count). The number of aryl methyl sites for hydroxylation is 2. The Kier molecular flexibility index (Phi) is 5.55. The number of carbonyl (C=O) groups is 1. The molecule has 7 heteroatoms. The van der Waals surface area contributed by atoms with Crippen molar-refractivity contribution in [2.45, 2.75) is 18.9 Å². The second-order valence-electron chi connectivity index (χ2n) is 4.72. The Labute approximate surface area is 138 Å². The number of methoxy groups -OCH3 is 1. The van der Waals surface area contributed by atoms with Gasteiger partial charge in [-0.1, -0.05) is 17.8 Å². The molecule has 0 unspecified atom stereocenters. The number of carbonyl (C=O) groups excluding carboxylic acids is 1. The molecule has 1 aromatic carbocycles. The maximum Gasteiger partial charge on any atom is 0.234 e. The van der Waals surface area contributed by atoms with Gasteiger partial charge in [-0.25, -0.2) is 9.97 Å². The van der Waals surface area contributed by atoms with Gasteiger partial charge in [0, 0.05) is 11.8 Å². The molecule has 23 heavy (non-hydrogen) atoms. The largest absolute Gasteiger partial charge is 0.497 e. The lowest BCUT2D eigenvalue weighted by atomic mass is 10.3. The number of nitriles is 1. The predicted octanol–water partition coefficient (Wildman–Crippen LogP) is 2.70. The van der Waals surface area contributed by atoms with Gasteiger partial charge < -0.3 is 10.1 Å². The summed E-state index contributed by atoms with van der Waals surface area (Å²) < 4.78 is 5.11. The van der Waals surface area contributed by atoms with Gasteiger partial charge in [0.2, 0.25) is 5.91 Å². The van der Waals surface area contributed by atoms with Crippen LogP contribution in [0.15, 0.2) is 29.3 Å². The van der Waals surface area contributed by atoms with Crippen LogP contribution in [0.3, 0.4) is 0 Å². The van der Waals surface area contributed by atoms with Gasteiger partial charge >= 0.3 is 0 Å². The van der Waals surface area contributed by atoms with E-state index in [1.165, 1.54) is 11.8 Å². The van der Waals surface area contributed by atoms with E-state index in [4.69, 9.17) is 4.74 Å². The summed E-state index contributed by atoms with van der Waals surface area (Å²) in [4.78, 5) is 20.5. The molecule has 0 saturated carbocycles. The molecule has 0 bridgehead atoms. The van der Waals surface area contributed by atoms with Crippen LogP contribution in [0, 0.1) is 25.2 Å². The Morgan fingerprint density at radius 3 is 2.87 bits per heavy atom. The lowest BCUT2D eigenvalue weighted by Gasteiger charge is -2.08. The first kappa shape index (κ1) is 16.8. The van der Waals surface area contributed by atoms with Gasteiger partial charge in [-0.2, -0.15) is 5.26 Å². The van der Waals surface area contributed by atoms with Gasteiger partial charge in [0.1, 0.15) is 28.2 Å². The van der Waals surface area contributed by atoms with E-state index in [1.54, 1.807) is 45.2 Å². The summed E-state index contributed by atoms with van der Waals surface area (Å²) in [7, 11) is 1.57. The van der Waals surface area contributed by atoms with Crippen LogP contribution in [-0.2, 0) is 4.79 Å². The fourth-order valence-corrected chi connectivity index (χ4v) is 2.82. The third-order valence-electron chi connectivity index (χ3n) is 2.97. The van der Waals surface area contributed by atoms with Crippen LogP contribution >= 0.6 is 11.8 Å². The average molecular weight is 328 g/mol. The Morgan fingerprint density at radius 1 is 1.39 bits per heavy atom. The Bertz CT molecular complexity index is 771. The standard InChI is InChI=1S/C16H16N4O2S/c1-10-14(8-17)16(19-11(2)18-10)23-9-15(21)20-12-5-4-6-13(7-12)22-3/h4-7H,9H2,1-3H3,(H,20,21). The van der Waals surface area contributed by atoms with E-state index < -0.39 is 0 Å². The van der Waals surface area contributed by atoms with Crippen molar-refractivity contribution < 1.29 is 9.53 Å². The molecule has 0 aliphatic rings. The maximum atomic E-state index is 12.1. The van der Waals surface area contributed by atoms with Crippen LogP contribution in [0.25, 0.3) is 0 Å². The number of aromatic nitrogens is 2. The zero-order valence-corrected chi connectivity index (χ0v) is 13.9.